The number of piperazine rings is 1. The molecular weight excluding hydrogens is 395 g/mol. The first-order valence-electron chi connectivity index (χ1n) is 9.12. The third kappa shape index (κ3) is 3.92. The van der Waals surface area contributed by atoms with Crippen molar-refractivity contribution in [3.8, 4) is 0 Å². The Balaban J connectivity index is 1.61. The van der Waals surface area contributed by atoms with Crippen molar-refractivity contribution in [2.24, 2.45) is 0 Å². The van der Waals surface area contributed by atoms with Gasteiger partial charge in [-0.2, -0.15) is 0 Å². The second-order valence-electron chi connectivity index (χ2n) is 6.67. The topological polar surface area (TPSA) is 91.4 Å². The van der Waals surface area contributed by atoms with Crippen LogP contribution in [0.3, 0.4) is 0 Å². The van der Waals surface area contributed by atoms with Gasteiger partial charge in [0.05, 0.1) is 11.2 Å². The molecule has 0 radical (unpaired) electrons. The highest BCUT2D eigenvalue weighted by Gasteiger charge is 2.22. The van der Waals surface area contributed by atoms with Gasteiger partial charge in [-0.05, 0) is 30.3 Å². The lowest BCUT2D eigenvalue weighted by Gasteiger charge is -2.27. The minimum Gasteiger partial charge on any atom is -0.336 e. The standard InChI is InChI=1S/C20H19FN4O3S/c21-16-13-15(20(26)25-11-9-22-10-12-25)6-7-17(16)24-29(27,28)18-5-1-3-14-4-2-8-23-19(14)18/h1-8,13,22,24H,9-12H2. The molecule has 0 aliphatic carbocycles. The molecule has 2 heterocycles. The molecule has 0 bridgehead atoms. The first-order chi connectivity index (χ1) is 14.0. The summed E-state index contributed by atoms with van der Waals surface area (Å²) in [6, 6.07) is 12.0. The molecule has 29 heavy (non-hydrogen) atoms. The largest absolute Gasteiger partial charge is 0.336 e. The number of halogens is 1. The number of anilines is 1. The number of rotatable bonds is 4. The van der Waals surface area contributed by atoms with Crippen LogP contribution in [0, 0.1) is 5.82 Å². The fraction of sp³-hybridized carbons (Fsp3) is 0.200. The van der Waals surface area contributed by atoms with Gasteiger partial charge in [-0.3, -0.25) is 14.5 Å². The van der Waals surface area contributed by atoms with Crippen LogP contribution in [0.25, 0.3) is 10.9 Å². The molecule has 0 saturated carbocycles. The Hall–Kier alpha value is -3.04. The molecule has 1 aromatic heterocycles. The van der Waals surface area contributed by atoms with E-state index in [4.69, 9.17) is 0 Å². The third-order valence-corrected chi connectivity index (χ3v) is 6.15. The molecule has 0 spiro atoms. The Morgan fingerprint density at radius 1 is 1.10 bits per heavy atom. The predicted octanol–water partition coefficient (Wildman–Crippen LogP) is 2.22. The number of para-hydroxylation sites is 1. The predicted molar refractivity (Wildman–Crippen MR) is 108 cm³/mol. The lowest BCUT2D eigenvalue weighted by molar-refractivity contribution is 0.0735. The van der Waals surface area contributed by atoms with E-state index >= 15 is 0 Å². The molecule has 1 saturated heterocycles. The van der Waals surface area contributed by atoms with Gasteiger partial charge in [-0.1, -0.05) is 18.2 Å². The fourth-order valence-electron chi connectivity index (χ4n) is 3.27. The quantitative estimate of drug-likeness (QED) is 0.683. The Kier molecular flexibility index (Phi) is 5.16. The summed E-state index contributed by atoms with van der Waals surface area (Å²) in [6.45, 7) is 2.46. The van der Waals surface area contributed by atoms with Crippen molar-refractivity contribution in [3.63, 3.8) is 0 Å². The molecule has 150 valence electrons. The van der Waals surface area contributed by atoms with Gasteiger partial charge in [0.25, 0.3) is 15.9 Å². The van der Waals surface area contributed by atoms with E-state index < -0.39 is 15.8 Å². The number of fused-ring (bicyclic) bond motifs is 1. The van der Waals surface area contributed by atoms with Gasteiger partial charge < -0.3 is 10.2 Å². The van der Waals surface area contributed by atoms with Gasteiger partial charge in [-0.25, -0.2) is 12.8 Å². The normalized spacial score (nSPS) is 14.7. The molecule has 0 unspecified atom stereocenters. The number of aromatic nitrogens is 1. The summed E-state index contributed by atoms with van der Waals surface area (Å²) in [5.74, 6) is -1.10. The lowest BCUT2D eigenvalue weighted by Crippen LogP contribution is -2.46. The van der Waals surface area contributed by atoms with Crippen molar-refractivity contribution in [3.05, 3.63) is 66.1 Å². The Morgan fingerprint density at radius 3 is 2.62 bits per heavy atom. The third-order valence-electron chi connectivity index (χ3n) is 4.75. The number of hydrogen-bond acceptors (Lipinski definition) is 5. The van der Waals surface area contributed by atoms with E-state index in [0.717, 1.165) is 6.07 Å². The molecule has 7 nitrogen and oxygen atoms in total. The van der Waals surface area contributed by atoms with Gasteiger partial charge in [0.15, 0.2) is 0 Å². The number of benzene rings is 2. The number of carbonyl (C=O) groups excluding carboxylic acids is 1. The lowest BCUT2D eigenvalue weighted by atomic mass is 10.1. The van der Waals surface area contributed by atoms with Crippen LogP contribution in [0.5, 0.6) is 0 Å². The highest BCUT2D eigenvalue weighted by Crippen LogP contribution is 2.25. The van der Waals surface area contributed by atoms with Gasteiger partial charge in [-0.15, -0.1) is 0 Å². The van der Waals surface area contributed by atoms with E-state index in [9.17, 15) is 17.6 Å². The number of carbonyl (C=O) groups is 1. The van der Waals surface area contributed by atoms with Crippen LogP contribution in [-0.2, 0) is 10.0 Å². The van der Waals surface area contributed by atoms with Gasteiger partial charge >= 0.3 is 0 Å². The Labute approximate surface area is 167 Å². The smallest absolute Gasteiger partial charge is 0.264 e. The van der Waals surface area contributed by atoms with E-state index in [-0.39, 0.29) is 22.1 Å². The van der Waals surface area contributed by atoms with E-state index in [2.05, 4.69) is 15.0 Å². The van der Waals surface area contributed by atoms with E-state index in [0.29, 0.717) is 37.1 Å². The summed E-state index contributed by atoms with van der Waals surface area (Å²) >= 11 is 0. The van der Waals surface area contributed by atoms with Crippen molar-refractivity contribution in [2.75, 3.05) is 30.9 Å². The highest BCUT2D eigenvalue weighted by atomic mass is 32.2. The van der Waals surface area contributed by atoms with E-state index in [1.807, 2.05) is 0 Å². The number of pyridine rings is 1. The maximum Gasteiger partial charge on any atom is 0.264 e. The van der Waals surface area contributed by atoms with Crippen LogP contribution >= 0.6 is 0 Å². The fourth-order valence-corrected chi connectivity index (χ4v) is 4.52. The van der Waals surface area contributed by atoms with Crippen LogP contribution in [0.15, 0.2) is 59.6 Å². The molecule has 1 aliphatic heterocycles. The summed E-state index contributed by atoms with van der Waals surface area (Å²) in [5, 5.41) is 3.81. The number of amides is 1. The highest BCUT2D eigenvalue weighted by molar-refractivity contribution is 7.93. The molecule has 1 fully saturated rings. The van der Waals surface area contributed by atoms with Gasteiger partial charge in [0.2, 0.25) is 0 Å². The Morgan fingerprint density at radius 2 is 1.86 bits per heavy atom. The van der Waals surface area contributed by atoms with Crippen LogP contribution < -0.4 is 10.0 Å². The monoisotopic (exact) mass is 414 g/mol. The number of nitrogens with one attached hydrogen (secondary N) is 2. The number of nitrogens with zero attached hydrogens (tertiary/aromatic N) is 2. The zero-order valence-electron chi connectivity index (χ0n) is 15.4. The van der Waals surface area contributed by atoms with Crippen molar-refractivity contribution >= 4 is 32.5 Å². The molecule has 3 aromatic rings. The molecule has 1 aliphatic rings. The zero-order valence-corrected chi connectivity index (χ0v) is 16.2. The van der Waals surface area contributed by atoms with Crippen LogP contribution in [0.4, 0.5) is 10.1 Å². The van der Waals surface area contributed by atoms with Crippen molar-refractivity contribution in [1.82, 2.24) is 15.2 Å². The zero-order chi connectivity index (χ0) is 20.4. The Bertz CT molecular complexity index is 1170. The van der Waals surface area contributed by atoms with Gasteiger partial charge in [0, 0.05) is 43.3 Å². The van der Waals surface area contributed by atoms with Crippen LogP contribution in [-0.4, -0.2) is 50.4 Å². The molecule has 2 aromatic carbocycles. The van der Waals surface area contributed by atoms with Crippen molar-refractivity contribution in [2.45, 2.75) is 4.90 Å². The van der Waals surface area contributed by atoms with Crippen molar-refractivity contribution in [1.29, 1.82) is 0 Å². The average Bonchev–Trinajstić information content (AvgIpc) is 2.74. The van der Waals surface area contributed by atoms with E-state index in [1.165, 1.54) is 24.4 Å². The summed E-state index contributed by atoms with van der Waals surface area (Å²) in [6.07, 6.45) is 1.50. The molecule has 0 atom stereocenters. The maximum absolute atomic E-state index is 14.6. The maximum atomic E-state index is 14.6. The molecule has 2 N–H and O–H groups in total. The summed E-state index contributed by atoms with van der Waals surface area (Å²) in [4.78, 5) is 18.2. The second-order valence-corrected chi connectivity index (χ2v) is 8.32. The minimum absolute atomic E-state index is 0.0454. The number of hydrogen-bond donors (Lipinski definition) is 2. The van der Waals surface area contributed by atoms with Crippen LogP contribution in [0.1, 0.15) is 10.4 Å². The van der Waals surface area contributed by atoms with Crippen molar-refractivity contribution < 1.29 is 17.6 Å². The van der Waals surface area contributed by atoms with Gasteiger partial charge in [0.1, 0.15) is 10.7 Å². The molecule has 9 heteroatoms. The molecule has 1 amide bonds. The summed E-state index contributed by atoms with van der Waals surface area (Å²) in [5.41, 5.74) is 0.252. The molecular formula is C20H19FN4O3S. The minimum atomic E-state index is -4.07. The number of sulfonamides is 1. The summed E-state index contributed by atoms with van der Waals surface area (Å²) < 4.78 is 42.5. The molecule has 4 rings (SSSR count). The first-order valence-corrected chi connectivity index (χ1v) is 10.6. The van der Waals surface area contributed by atoms with E-state index in [1.54, 1.807) is 29.2 Å². The SMILES string of the molecule is O=C(c1ccc(NS(=O)(=O)c2cccc3cccnc23)c(F)c1)N1CCNCC1. The average molecular weight is 414 g/mol. The summed E-state index contributed by atoms with van der Waals surface area (Å²) in [7, 11) is -4.07. The second kappa shape index (κ2) is 7.76. The first kappa shape index (κ1) is 19.3. The van der Waals surface area contributed by atoms with Crippen LogP contribution in [0.2, 0.25) is 0 Å².